The van der Waals surface area contributed by atoms with Crippen LogP contribution in [-0.4, -0.2) is 11.9 Å². The van der Waals surface area contributed by atoms with Crippen LogP contribution in [0, 0.1) is 17.3 Å². The van der Waals surface area contributed by atoms with Gasteiger partial charge < -0.3 is 5.32 Å². The van der Waals surface area contributed by atoms with Gasteiger partial charge in [-0.3, -0.25) is 4.79 Å². The van der Waals surface area contributed by atoms with Gasteiger partial charge in [0.2, 0.25) is 5.91 Å². The Kier molecular flexibility index (Phi) is 3.27. The summed E-state index contributed by atoms with van der Waals surface area (Å²) in [6, 6.07) is 0.398. The van der Waals surface area contributed by atoms with Gasteiger partial charge in [-0.2, -0.15) is 0 Å². The monoisotopic (exact) mass is 223 g/mol. The first-order chi connectivity index (χ1) is 7.52. The van der Waals surface area contributed by atoms with Gasteiger partial charge in [0.05, 0.1) is 0 Å². The van der Waals surface area contributed by atoms with Crippen molar-refractivity contribution < 1.29 is 4.79 Å². The molecule has 2 heteroatoms. The van der Waals surface area contributed by atoms with Crippen LogP contribution in [0.3, 0.4) is 0 Å². The molecule has 0 aromatic carbocycles. The van der Waals surface area contributed by atoms with Crippen molar-refractivity contribution in [3.05, 3.63) is 0 Å². The molecule has 2 rings (SSSR count). The molecule has 0 aromatic rings. The zero-order chi connectivity index (χ0) is 11.8. The number of amides is 1. The van der Waals surface area contributed by atoms with E-state index in [9.17, 15) is 4.79 Å². The number of carbonyl (C=O) groups excluding carboxylic acids is 1. The Morgan fingerprint density at radius 2 is 2.25 bits per heavy atom. The number of nitrogens with one attached hydrogen (secondary N) is 1. The van der Waals surface area contributed by atoms with E-state index >= 15 is 0 Å². The third-order valence-corrected chi connectivity index (χ3v) is 4.60. The Balaban J connectivity index is 2.03. The fraction of sp³-hybridized carbons (Fsp3) is 0.929. The van der Waals surface area contributed by atoms with E-state index in [-0.39, 0.29) is 5.91 Å². The maximum absolute atomic E-state index is 11.5. The van der Waals surface area contributed by atoms with Crippen LogP contribution in [0.1, 0.15) is 59.3 Å². The van der Waals surface area contributed by atoms with Crippen molar-refractivity contribution in [1.82, 2.24) is 5.32 Å². The molecule has 1 heterocycles. The van der Waals surface area contributed by atoms with Crippen LogP contribution >= 0.6 is 0 Å². The lowest BCUT2D eigenvalue weighted by Gasteiger charge is -2.40. The zero-order valence-corrected chi connectivity index (χ0v) is 10.9. The largest absolute Gasteiger partial charge is 0.353 e. The summed E-state index contributed by atoms with van der Waals surface area (Å²) in [6.45, 7) is 6.81. The van der Waals surface area contributed by atoms with E-state index in [0.29, 0.717) is 11.5 Å². The second kappa shape index (κ2) is 4.38. The van der Waals surface area contributed by atoms with E-state index in [0.717, 1.165) is 18.3 Å². The molecular weight excluding hydrogens is 198 g/mol. The Labute approximate surface area is 99.2 Å². The third-order valence-electron chi connectivity index (χ3n) is 4.60. The standard InChI is InChI=1S/C14H25NO/c1-10(2)7-12-5-4-6-14(8-12)9-13(16)15-11(14)3/h10-12H,4-9H2,1-3H3,(H,15,16). The predicted octanol–water partition coefficient (Wildman–Crippen LogP) is 3.12. The first-order valence-corrected chi connectivity index (χ1v) is 6.81. The summed E-state index contributed by atoms with van der Waals surface area (Å²) >= 11 is 0. The summed E-state index contributed by atoms with van der Waals surface area (Å²) in [5.41, 5.74) is 0.300. The smallest absolute Gasteiger partial charge is 0.220 e. The molecule has 92 valence electrons. The minimum atomic E-state index is 0.276. The van der Waals surface area contributed by atoms with Crippen LogP contribution in [0.15, 0.2) is 0 Å². The molecule has 0 bridgehead atoms. The van der Waals surface area contributed by atoms with Crippen molar-refractivity contribution >= 4 is 5.91 Å². The highest BCUT2D eigenvalue weighted by Gasteiger charge is 2.46. The highest BCUT2D eigenvalue weighted by molar-refractivity contribution is 5.79. The van der Waals surface area contributed by atoms with Crippen molar-refractivity contribution in [2.24, 2.45) is 17.3 Å². The summed E-state index contributed by atoms with van der Waals surface area (Å²) in [6.07, 6.45) is 7.33. The van der Waals surface area contributed by atoms with Gasteiger partial charge in [0.15, 0.2) is 0 Å². The van der Waals surface area contributed by atoms with E-state index in [1.54, 1.807) is 0 Å². The zero-order valence-electron chi connectivity index (χ0n) is 10.9. The number of hydrogen-bond donors (Lipinski definition) is 1. The Bertz CT molecular complexity index is 274. The summed E-state index contributed by atoms with van der Waals surface area (Å²) in [4.78, 5) is 11.5. The van der Waals surface area contributed by atoms with Crippen LogP contribution in [-0.2, 0) is 4.79 Å². The van der Waals surface area contributed by atoms with E-state index in [4.69, 9.17) is 0 Å². The first kappa shape index (κ1) is 11.9. The van der Waals surface area contributed by atoms with Crippen molar-refractivity contribution in [2.45, 2.75) is 65.3 Å². The molecule has 2 aliphatic rings. The molecule has 3 atom stereocenters. The van der Waals surface area contributed by atoms with Gasteiger partial charge >= 0.3 is 0 Å². The van der Waals surface area contributed by atoms with Crippen LogP contribution in [0.5, 0.6) is 0 Å². The number of carbonyl (C=O) groups is 1. The average Bonchev–Trinajstić information content (AvgIpc) is 2.40. The molecule has 1 aliphatic carbocycles. The molecule has 3 unspecified atom stereocenters. The topological polar surface area (TPSA) is 29.1 Å². The van der Waals surface area contributed by atoms with Gasteiger partial charge in [-0.15, -0.1) is 0 Å². The van der Waals surface area contributed by atoms with Crippen LogP contribution in [0.2, 0.25) is 0 Å². The van der Waals surface area contributed by atoms with Crippen LogP contribution in [0.25, 0.3) is 0 Å². The summed E-state index contributed by atoms with van der Waals surface area (Å²) in [5.74, 6) is 1.92. The van der Waals surface area contributed by atoms with Gasteiger partial charge in [0.25, 0.3) is 0 Å². The highest BCUT2D eigenvalue weighted by atomic mass is 16.2. The molecule has 0 radical (unpaired) electrons. The van der Waals surface area contributed by atoms with Gasteiger partial charge in [0, 0.05) is 12.5 Å². The van der Waals surface area contributed by atoms with Gasteiger partial charge in [-0.25, -0.2) is 0 Å². The molecule has 2 fully saturated rings. The lowest BCUT2D eigenvalue weighted by molar-refractivity contribution is -0.119. The molecule has 1 saturated carbocycles. The summed E-state index contributed by atoms with van der Waals surface area (Å²) in [5, 5.41) is 3.11. The fourth-order valence-corrected chi connectivity index (χ4v) is 3.86. The molecular formula is C14H25NO. The van der Waals surface area contributed by atoms with E-state index in [1.165, 1.54) is 32.1 Å². The maximum Gasteiger partial charge on any atom is 0.220 e. The highest BCUT2D eigenvalue weighted by Crippen LogP contribution is 2.48. The second-order valence-corrected chi connectivity index (χ2v) is 6.42. The normalized spacial score (nSPS) is 39.4. The molecule has 1 N–H and O–H groups in total. The van der Waals surface area contributed by atoms with Crippen LogP contribution < -0.4 is 5.32 Å². The second-order valence-electron chi connectivity index (χ2n) is 6.42. The molecule has 1 spiro atoms. The molecule has 2 nitrogen and oxygen atoms in total. The quantitative estimate of drug-likeness (QED) is 0.765. The molecule has 1 aliphatic heterocycles. The number of hydrogen-bond acceptors (Lipinski definition) is 1. The molecule has 1 amide bonds. The Hall–Kier alpha value is -0.530. The lowest BCUT2D eigenvalue weighted by Crippen LogP contribution is -2.38. The molecule has 0 aromatic heterocycles. The van der Waals surface area contributed by atoms with Crippen LogP contribution in [0.4, 0.5) is 0 Å². The fourth-order valence-electron chi connectivity index (χ4n) is 3.86. The average molecular weight is 223 g/mol. The van der Waals surface area contributed by atoms with Crippen molar-refractivity contribution in [3.8, 4) is 0 Å². The summed E-state index contributed by atoms with van der Waals surface area (Å²) in [7, 11) is 0. The molecule has 16 heavy (non-hydrogen) atoms. The maximum atomic E-state index is 11.5. The van der Waals surface area contributed by atoms with Gasteiger partial charge in [0.1, 0.15) is 0 Å². The predicted molar refractivity (Wildman–Crippen MR) is 66.1 cm³/mol. The van der Waals surface area contributed by atoms with E-state index in [2.05, 4.69) is 26.1 Å². The lowest BCUT2D eigenvalue weighted by atomic mass is 9.64. The van der Waals surface area contributed by atoms with Gasteiger partial charge in [-0.1, -0.05) is 26.7 Å². The molecule has 1 saturated heterocycles. The number of rotatable bonds is 2. The van der Waals surface area contributed by atoms with Crippen molar-refractivity contribution in [1.29, 1.82) is 0 Å². The Morgan fingerprint density at radius 1 is 1.50 bits per heavy atom. The summed E-state index contributed by atoms with van der Waals surface area (Å²) < 4.78 is 0. The minimum absolute atomic E-state index is 0.276. The van der Waals surface area contributed by atoms with Crippen molar-refractivity contribution in [2.75, 3.05) is 0 Å². The van der Waals surface area contributed by atoms with Crippen molar-refractivity contribution in [3.63, 3.8) is 0 Å². The SMILES string of the molecule is CC(C)CC1CCCC2(CC(=O)NC2C)C1. The van der Waals surface area contributed by atoms with Gasteiger partial charge in [-0.05, 0) is 43.4 Å². The Morgan fingerprint density at radius 3 is 2.81 bits per heavy atom. The minimum Gasteiger partial charge on any atom is -0.353 e. The van der Waals surface area contributed by atoms with E-state index < -0.39 is 0 Å². The third kappa shape index (κ3) is 2.26. The first-order valence-electron chi connectivity index (χ1n) is 6.81. The van der Waals surface area contributed by atoms with E-state index in [1.807, 2.05) is 0 Å².